The number of rotatable bonds is 3. The molecule has 1 aromatic carbocycles. The van der Waals surface area contributed by atoms with E-state index in [1.807, 2.05) is 4.90 Å². The van der Waals surface area contributed by atoms with Crippen LogP contribution in [0.5, 0.6) is 0 Å². The quantitative estimate of drug-likeness (QED) is 0.871. The van der Waals surface area contributed by atoms with Gasteiger partial charge in [0.2, 0.25) is 0 Å². The smallest absolute Gasteiger partial charge is 0.152 e. The predicted octanol–water partition coefficient (Wildman–Crippen LogP) is 0.515. The third kappa shape index (κ3) is 3.28. The number of halogens is 1. The van der Waals surface area contributed by atoms with Crippen molar-refractivity contribution in [1.29, 1.82) is 0 Å². The van der Waals surface area contributed by atoms with Crippen LogP contribution in [0.3, 0.4) is 0 Å². The fourth-order valence-corrected chi connectivity index (χ4v) is 3.27. The average Bonchev–Trinajstić information content (AvgIpc) is 2.34. The largest absolute Gasteiger partial charge is 0.326 e. The van der Waals surface area contributed by atoms with E-state index < -0.39 is 9.84 Å². The highest BCUT2D eigenvalue weighted by atomic mass is 32.2. The molecule has 2 rings (SSSR count). The molecular formula is C12H17FN2O2S. The lowest BCUT2D eigenvalue weighted by atomic mass is 10.1. The Morgan fingerprint density at radius 1 is 1.28 bits per heavy atom. The summed E-state index contributed by atoms with van der Waals surface area (Å²) < 4.78 is 36.3. The van der Waals surface area contributed by atoms with Gasteiger partial charge in [-0.2, -0.15) is 0 Å². The minimum Gasteiger partial charge on any atom is -0.326 e. The fourth-order valence-electron chi connectivity index (χ4n) is 2.00. The Hall–Kier alpha value is -0.980. The molecule has 6 heteroatoms. The molecule has 2 N–H and O–H groups in total. The summed E-state index contributed by atoms with van der Waals surface area (Å²) in [7, 11) is -2.88. The number of hydrogen-bond acceptors (Lipinski definition) is 4. The number of nitrogens with two attached hydrogens (primary N) is 1. The van der Waals surface area contributed by atoms with Crippen LogP contribution in [-0.4, -0.2) is 37.9 Å². The molecule has 1 aromatic rings. The van der Waals surface area contributed by atoms with E-state index in [1.54, 1.807) is 12.1 Å². The van der Waals surface area contributed by atoms with Crippen LogP contribution in [0.4, 0.5) is 4.39 Å². The molecule has 18 heavy (non-hydrogen) atoms. The highest BCUT2D eigenvalue weighted by molar-refractivity contribution is 7.91. The molecule has 0 bridgehead atoms. The summed E-state index contributed by atoms with van der Waals surface area (Å²) in [5.41, 5.74) is 6.79. The third-order valence-corrected chi connectivity index (χ3v) is 4.79. The topological polar surface area (TPSA) is 63.4 Å². The van der Waals surface area contributed by atoms with Gasteiger partial charge in [0.1, 0.15) is 5.82 Å². The van der Waals surface area contributed by atoms with Gasteiger partial charge in [-0.05, 0) is 11.6 Å². The Balaban J connectivity index is 2.02. The Kier molecular flexibility index (Phi) is 3.99. The summed E-state index contributed by atoms with van der Waals surface area (Å²) >= 11 is 0. The molecule has 1 fully saturated rings. The zero-order valence-electron chi connectivity index (χ0n) is 10.1. The van der Waals surface area contributed by atoms with Crippen molar-refractivity contribution in [2.24, 2.45) is 5.73 Å². The van der Waals surface area contributed by atoms with Gasteiger partial charge < -0.3 is 5.73 Å². The van der Waals surface area contributed by atoms with Crippen molar-refractivity contribution in [2.45, 2.75) is 13.1 Å². The molecule has 0 amide bonds. The highest BCUT2D eigenvalue weighted by Gasteiger charge is 2.22. The fraction of sp³-hybridized carbons (Fsp3) is 0.500. The van der Waals surface area contributed by atoms with Gasteiger partial charge in [0.15, 0.2) is 9.84 Å². The van der Waals surface area contributed by atoms with Crippen LogP contribution in [0, 0.1) is 5.82 Å². The number of benzene rings is 1. The average molecular weight is 272 g/mol. The summed E-state index contributed by atoms with van der Waals surface area (Å²) in [4.78, 5) is 1.96. The summed E-state index contributed by atoms with van der Waals surface area (Å²) in [6.07, 6.45) is 0. The van der Waals surface area contributed by atoms with Gasteiger partial charge in [-0.15, -0.1) is 0 Å². The first-order chi connectivity index (χ1) is 8.50. The molecule has 1 saturated heterocycles. The van der Waals surface area contributed by atoms with Crippen LogP contribution < -0.4 is 5.73 Å². The lowest BCUT2D eigenvalue weighted by Crippen LogP contribution is -2.39. The lowest BCUT2D eigenvalue weighted by Gasteiger charge is -2.26. The molecule has 0 radical (unpaired) electrons. The van der Waals surface area contributed by atoms with E-state index in [2.05, 4.69) is 0 Å². The SMILES string of the molecule is NCc1ccc(CN2CCS(=O)(=O)CC2)c(F)c1. The first kappa shape index (κ1) is 13.5. The van der Waals surface area contributed by atoms with Crippen molar-refractivity contribution in [3.63, 3.8) is 0 Å². The van der Waals surface area contributed by atoms with E-state index in [1.165, 1.54) is 6.07 Å². The zero-order valence-corrected chi connectivity index (χ0v) is 10.9. The molecule has 0 spiro atoms. The van der Waals surface area contributed by atoms with Crippen molar-refractivity contribution >= 4 is 9.84 Å². The highest BCUT2D eigenvalue weighted by Crippen LogP contribution is 2.14. The van der Waals surface area contributed by atoms with Gasteiger partial charge >= 0.3 is 0 Å². The minimum atomic E-state index is -2.88. The molecule has 0 atom stereocenters. The molecule has 1 aliphatic rings. The molecule has 1 heterocycles. The van der Waals surface area contributed by atoms with E-state index in [4.69, 9.17) is 5.73 Å². The van der Waals surface area contributed by atoms with Crippen molar-refractivity contribution in [3.8, 4) is 0 Å². The number of sulfone groups is 1. The Morgan fingerprint density at radius 2 is 1.94 bits per heavy atom. The summed E-state index contributed by atoms with van der Waals surface area (Å²) in [6, 6.07) is 4.97. The van der Waals surface area contributed by atoms with Crippen LogP contribution in [0.1, 0.15) is 11.1 Å². The predicted molar refractivity (Wildman–Crippen MR) is 68.2 cm³/mol. The molecule has 100 valence electrons. The second-order valence-electron chi connectivity index (χ2n) is 4.56. The van der Waals surface area contributed by atoms with E-state index in [9.17, 15) is 12.8 Å². The van der Waals surface area contributed by atoms with E-state index in [0.717, 1.165) is 5.56 Å². The van der Waals surface area contributed by atoms with Gasteiger partial charge in [0, 0.05) is 31.7 Å². The van der Waals surface area contributed by atoms with Gasteiger partial charge in [-0.1, -0.05) is 12.1 Å². The molecule has 1 aliphatic heterocycles. The van der Waals surface area contributed by atoms with Gasteiger partial charge in [-0.3, -0.25) is 4.90 Å². The van der Waals surface area contributed by atoms with Crippen LogP contribution in [0.2, 0.25) is 0 Å². The molecular weight excluding hydrogens is 255 g/mol. The second-order valence-corrected chi connectivity index (χ2v) is 6.86. The van der Waals surface area contributed by atoms with Crippen molar-refractivity contribution in [3.05, 3.63) is 35.1 Å². The molecule has 0 unspecified atom stereocenters. The maximum atomic E-state index is 13.7. The summed E-state index contributed by atoms with van der Waals surface area (Å²) in [5, 5.41) is 0. The molecule has 0 aliphatic carbocycles. The minimum absolute atomic E-state index is 0.162. The van der Waals surface area contributed by atoms with Gasteiger partial charge in [-0.25, -0.2) is 12.8 Å². The molecule has 4 nitrogen and oxygen atoms in total. The van der Waals surface area contributed by atoms with Crippen LogP contribution in [0.15, 0.2) is 18.2 Å². The van der Waals surface area contributed by atoms with Crippen LogP contribution >= 0.6 is 0 Å². The van der Waals surface area contributed by atoms with Gasteiger partial charge in [0.05, 0.1) is 11.5 Å². The molecule has 0 aromatic heterocycles. The van der Waals surface area contributed by atoms with Gasteiger partial charge in [0.25, 0.3) is 0 Å². The van der Waals surface area contributed by atoms with E-state index in [0.29, 0.717) is 31.7 Å². The van der Waals surface area contributed by atoms with E-state index in [-0.39, 0.29) is 17.3 Å². The standard InChI is InChI=1S/C12H17FN2O2S/c13-12-7-10(8-14)1-2-11(12)9-15-3-5-18(16,17)6-4-15/h1-2,7H,3-6,8-9,14H2. The third-order valence-electron chi connectivity index (χ3n) is 3.18. The monoisotopic (exact) mass is 272 g/mol. The normalized spacial score (nSPS) is 19.9. The second kappa shape index (κ2) is 5.34. The number of hydrogen-bond donors (Lipinski definition) is 1. The summed E-state index contributed by atoms with van der Waals surface area (Å²) in [6.45, 7) is 1.71. The Labute approximate surface area is 107 Å². The molecule has 0 saturated carbocycles. The first-order valence-electron chi connectivity index (χ1n) is 5.90. The first-order valence-corrected chi connectivity index (χ1v) is 7.72. The zero-order chi connectivity index (χ0) is 13.2. The maximum absolute atomic E-state index is 13.7. The number of nitrogens with zero attached hydrogens (tertiary/aromatic N) is 1. The van der Waals surface area contributed by atoms with Crippen LogP contribution in [-0.2, 0) is 22.9 Å². The van der Waals surface area contributed by atoms with Crippen molar-refractivity contribution in [2.75, 3.05) is 24.6 Å². The Bertz CT molecular complexity index is 517. The van der Waals surface area contributed by atoms with Crippen LogP contribution in [0.25, 0.3) is 0 Å². The maximum Gasteiger partial charge on any atom is 0.152 e. The lowest BCUT2D eigenvalue weighted by molar-refractivity contribution is 0.283. The Morgan fingerprint density at radius 3 is 2.50 bits per heavy atom. The summed E-state index contributed by atoms with van der Waals surface area (Å²) in [5.74, 6) is 0.0525. The van der Waals surface area contributed by atoms with E-state index >= 15 is 0 Å². The van der Waals surface area contributed by atoms with Crippen molar-refractivity contribution in [1.82, 2.24) is 4.90 Å². The van der Waals surface area contributed by atoms with Crippen molar-refractivity contribution < 1.29 is 12.8 Å².